The van der Waals surface area contributed by atoms with Gasteiger partial charge in [-0.15, -0.1) is 0 Å². The van der Waals surface area contributed by atoms with E-state index in [1.54, 1.807) is 0 Å². The summed E-state index contributed by atoms with van der Waals surface area (Å²) >= 11 is 0. The average molecular weight is 643 g/mol. The summed E-state index contributed by atoms with van der Waals surface area (Å²) in [5.74, 6) is 5.11. The predicted octanol–water partition coefficient (Wildman–Crippen LogP) is 8.79. The molecule has 0 saturated carbocycles. The van der Waals surface area contributed by atoms with Crippen LogP contribution in [0, 0.1) is 27.7 Å². The normalized spacial score (nSPS) is 11.3. The second kappa shape index (κ2) is 12.3. The summed E-state index contributed by atoms with van der Waals surface area (Å²) in [6.07, 6.45) is 15.1. The lowest BCUT2D eigenvalue weighted by molar-refractivity contribution is 0.485. The van der Waals surface area contributed by atoms with Gasteiger partial charge < -0.3 is 23.0 Å². The summed E-state index contributed by atoms with van der Waals surface area (Å²) in [7, 11) is 0. The van der Waals surface area contributed by atoms with E-state index in [2.05, 4.69) is 123 Å². The Morgan fingerprint density at radius 2 is 0.694 bits per heavy atom. The molecule has 0 amide bonds. The van der Waals surface area contributed by atoms with Gasteiger partial charge in [0.2, 0.25) is 0 Å². The molecule has 9 heteroatoms. The topological polar surface area (TPSA) is 80.5 Å². The number of benzene rings is 4. The van der Waals surface area contributed by atoms with Gasteiger partial charge in [-0.25, -0.2) is 19.9 Å². The molecule has 0 aliphatic heterocycles. The van der Waals surface area contributed by atoms with E-state index >= 15 is 0 Å². The molecule has 9 nitrogen and oxygen atoms in total. The van der Waals surface area contributed by atoms with Gasteiger partial charge in [0.1, 0.15) is 34.8 Å². The van der Waals surface area contributed by atoms with Crippen molar-refractivity contribution in [3.8, 4) is 56.5 Å². The zero-order valence-electron chi connectivity index (χ0n) is 27.7. The van der Waals surface area contributed by atoms with E-state index in [-0.39, 0.29) is 0 Å². The molecule has 8 aromatic rings. The van der Waals surface area contributed by atoms with Crippen molar-refractivity contribution in [1.29, 1.82) is 0 Å². The summed E-state index contributed by atoms with van der Waals surface area (Å²) < 4.78 is 15.3. The predicted molar refractivity (Wildman–Crippen MR) is 191 cm³/mol. The minimum absolute atomic E-state index is 0.726. The van der Waals surface area contributed by atoms with Crippen molar-refractivity contribution >= 4 is 0 Å². The minimum Gasteiger partial charge on any atom is -0.456 e. The molecular formula is C40H34N8O. The van der Waals surface area contributed by atoms with E-state index in [0.717, 1.165) is 79.8 Å². The second-order valence-corrected chi connectivity index (χ2v) is 11.9. The van der Waals surface area contributed by atoms with Gasteiger partial charge in [0.05, 0.1) is 11.4 Å². The smallest absolute Gasteiger partial charge is 0.137 e. The Labute approximate surface area is 284 Å². The van der Waals surface area contributed by atoms with Crippen molar-refractivity contribution in [2.75, 3.05) is 0 Å². The standard InChI is InChI=1S/C40H34N8O/c1-27-41-17-21-45(27)33-9-5-31(6-10-33)37-15-13-35(47-23-19-43-29(47)3)25-39(37)49-40-26-36(48-24-20-44-30(48)4)14-16-38(40)32-7-11-34(12-8-32)46-22-18-42-28(46)2/h5-26H,1-4H3. The third-order valence-electron chi connectivity index (χ3n) is 8.92. The van der Waals surface area contributed by atoms with Crippen LogP contribution >= 0.6 is 0 Å². The van der Waals surface area contributed by atoms with E-state index in [1.807, 2.05) is 77.3 Å². The van der Waals surface area contributed by atoms with Crippen LogP contribution in [-0.4, -0.2) is 38.2 Å². The van der Waals surface area contributed by atoms with Gasteiger partial charge in [0.15, 0.2) is 0 Å². The molecule has 4 aromatic heterocycles. The van der Waals surface area contributed by atoms with Crippen molar-refractivity contribution in [2.45, 2.75) is 27.7 Å². The van der Waals surface area contributed by atoms with Crippen molar-refractivity contribution in [1.82, 2.24) is 38.2 Å². The summed E-state index contributed by atoms with van der Waals surface area (Å²) in [4.78, 5) is 17.7. The lowest BCUT2D eigenvalue weighted by Crippen LogP contribution is -2.00. The lowest BCUT2D eigenvalue weighted by atomic mass is 10.0. The number of hydrogen-bond donors (Lipinski definition) is 0. The van der Waals surface area contributed by atoms with Crippen LogP contribution in [0.4, 0.5) is 0 Å². The average Bonchev–Trinajstić information content (AvgIpc) is 3.94. The molecule has 0 bridgehead atoms. The monoisotopic (exact) mass is 642 g/mol. The fourth-order valence-electron chi connectivity index (χ4n) is 6.29. The van der Waals surface area contributed by atoms with Crippen molar-refractivity contribution in [3.05, 3.63) is 158 Å². The molecule has 240 valence electrons. The molecule has 8 rings (SSSR count). The largest absolute Gasteiger partial charge is 0.456 e. The van der Waals surface area contributed by atoms with Gasteiger partial charge in [0, 0.05) is 84.2 Å². The van der Waals surface area contributed by atoms with Crippen LogP contribution in [0.3, 0.4) is 0 Å². The first kappa shape index (κ1) is 29.9. The van der Waals surface area contributed by atoms with Gasteiger partial charge in [-0.05, 0) is 87.4 Å². The van der Waals surface area contributed by atoms with Crippen molar-refractivity contribution < 1.29 is 4.74 Å². The highest BCUT2D eigenvalue weighted by Gasteiger charge is 2.17. The summed E-state index contributed by atoms with van der Waals surface area (Å²) in [6.45, 7) is 7.99. The number of aryl methyl sites for hydroxylation is 4. The Kier molecular flexibility index (Phi) is 7.49. The Hall–Kier alpha value is -6.48. The number of nitrogens with zero attached hydrogens (tertiary/aromatic N) is 8. The molecule has 49 heavy (non-hydrogen) atoms. The van der Waals surface area contributed by atoms with Gasteiger partial charge in [0.25, 0.3) is 0 Å². The molecule has 4 aromatic carbocycles. The van der Waals surface area contributed by atoms with E-state index in [1.165, 1.54) is 0 Å². The molecule has 4 heterocycles. The number of aromatic nitrogens is 8. The summed E-state index contributed by atoms with van der Waals surface area (Å²) in [5.41, 5.74) is 8.03. The molecule has 0 aliphatic rings. The molecule has 0 radical (unpaired) electrons. The Bertz CT molecular complexity index is 2240. The first-order chi connectivity index (χ1) is 23.9. The summed E-state index contributed by atoms with van der Waals surface area (Å²) in [6, 6.07) is 29.6. The number of hydrogen-bond acceptors (Lipinski definition) is 5. The minimum atomic E-state index is 0.726. The first-order valence-corrected chi connectivity index (χ1v) is 16.1. The van der Waals surface area contributed by atoms with Gasteiger partial charge >= 0.3 is 0 Å². The highest BCUT2D eigenvalue weighted by atomic mass is 16.5. The molecule has 0 saturated heterocycles. The Morgan fingerprint density at radius 1 is 0.388 bits per heavy atom. The molecule has 0 N–H and O–H groups in total. The second-order valence-electron chi connectivity index (χ2n) is 11.9. The maximum Gasteiger partial charge on any atom is 0.137 e. The van der Waals surface area contributed by atoms with Crippen LogP contribution < -0.4 is 4.74 Å². The quantitative estimate of drug-likeness (QED) is 0.166. The van der Waals surface area contributed by atoms with Crippen molar-refractivity contribution in [3.63, 3.8) is 0 Å². The molecule has 0 atom stereocenters. The first-order valence-electron chi connectivity index (χ1n) is 16.1. The molecule has 0 unspecified atom stereocenters. The maximum absolute atomic E-state index is 7.05. The third kappa shape index (κ3) is 5.61. The fraction of sp³-hybridized carbons (Fsp3) is 0.100. The van der Waals surface area contributed by atoms with Crippen molar-refractivity contribution in [2.24, 2.45) is 0 Å². The van der Waals surface area contributed by atoms with Crippen LogP contribution in [0.15, 0.2) is 135 Å². The van der Waals surface area contributed by atoms with Crippen LogP contribution in [-0.2, 0) is 0 Å². The van der Waals surface area contributed by atoms with Crippen LogP contribution in [0.25, 0.3) is 45.0 Å². The van der Waals surface area contributed by atoms with Crippen LogP contribution in [0.1, 0.15) is 23.3 Å². The zero-order chi connectivity index (χ0) is 33.5. The third-order valence-corrected chi connectivity index (χ3v) is 8.92. The van der Waals surface area contributed by atoms with Crippen LogP contribution in [0.2, 0.25) is 0 Å². The van der Waals surface area contributed by atoms with E-state index in [9.17, 15) is 0 Å². The lowest BCUT2D eigenvalue weighted by Gasteiger charge is -2.19. The number of imidazole rings is 4. The molecule has 0 spiro atoms. The highest BCUT2D eigenvalue weighted by Crippen LogP contribution is 2.41. The number of rotatable bonds is 8. The Balaban J connectivity index is 1.25. The summed E-state index contributed by atoms with van der Waals surface area (Å²) in [5, 5.41) is 0. The number of ether oxygens (including phenoxy) is 1. The zero-order valence-corrected chi connectivity index (χ0v) is 27.7. The SMILES string of the molecule is Cc1nccn1-c1ccc(-c2ccc(-n3ccnc3C)cc2Oc2cc(-n3ccnc3C)ccc2-c2ccc(-n3ccnc3C)cc2)cc1. The van der Waals surface area contributed by atoms with E-state index < -0.39 is 0 Å². The van der Waals surface area contributed by atoms with E-state index in [0.29, 0.717) is 0 Å². The van der Waals surface area contributed by atoms with Gasteiger partial charge in [-0.1, -0.05) is 24.3 Å². The molecular weight excluding hydrogens is 608 g/mol. The maximum atomic E-state index is 7.05. The molecule has 0 fully saturated rings. The van der Waals surface area contributed by atoms with E-state index in [4.69, 9.17) is 4.74 Å². The highest BCUT2D eigenvalue weighted by molar-refractivity contribution is 5.77. The van der Waals surface area contributed by atoms with Gasteiger partial charge in [-0.3, -0.25) is 0 Å². The molecule has 0 aliphatic carbocycles. The fourth-order valence-corrected chi connectivity index (χ4v) is 6.29. The Morgan fingerprint density at radius 3 is 1.00 bits per heavy atom. The van der Waals surface area contributed by atoms with Crippen LogP contribution in [0.5, 0.6) is 11.5 Å². The van der Waals surface area contributed by atoms with Gasteiger partial charge in [-0.2, -0.15) is 0 Å².